The molecule has 1 aliphatic rings. The van der Waals surface area contributed by atoms with Crippen molar-refractivity contribution < 1.29 is 0 Å². The Kier molecular flexibility index (Phi) is 4.45. The molecule has 3 rings (SSSR count). The van der Waals surface area contributed by atoms with Crippen molar-refractivity contribution >= 4 is 15.9 Å². The molecule has 1 aromatic carbocycles. The average molecular weight is 348 g/mol. The van der Waals surface area contributed by atoms with Crippen LogP contribution < -0.4 is 5.32 Å². The molecule has 0 radical (unpaired) electrons. The van der Waals surface area contributed by atoms with Crippen molar-refractivity contribution in [2.45, 2.75) is 39.2 Å². The molecule has 0 saturated heterocycles. The highest BCUT2D eigenvalue weighted by Gasteiger charge is 2.25. The molecule has 1 saturated carbocycles. The molecule has 2 aromatic rings. The maximum absolute atomic E-state index is 4.68. The summed E-state index contributed by atoms with van der Waals surface area (Å²) in [6.45, 7) is 6.38. The Morgan fingerprint density at radius 3 is 2.81 bits per heavy atom. The highest BCUT2D eigenvalue weighted by Crippen LogP contribution is 2.39. The first-order valence-corrected chi connectivity index (χ1v) is 8.48. The van der Waals surface area contributed by atoms with E-state index in [4.69, 9.17) is 0 Å². The van der Waals surface area contributed by atoms with Crippen LogP contribution in [0.1, 0.15) is 43.9 Å². The zero-order valence-electron chi connectivity index (χ0n) is 12.6. The minimum atomic E-state index is 0.674. The third kappa shape index (κ3) is 3.74. The van der Waals surface area contributed by atoms with Gasteiger partial charge in [0, 0.05) is 23.1 Å². The summed E-state index contributed by atoms with van der Waals surface area (Å²) in [4.78, 5) is 0. The van der Waals surface area contributed by atoms with Crippen LogP contribution >= 0.6 is 15.9 Å². The van der Waals surface area contributed by atoms with E-state index in [2.05, 4.69) is 70.7 Å². The van der Waals surface area contributed by atoms with E-state index in [9.17, 15) is 0 Å². The molecule has 3 nitrogen and oxygen atoms in total. The molecule has 0 atom stereocenters. The van der Waals surface area contributed by atoms with Gasteiger partial charge in [0.1, 0.15) is 0 Å². The van der Waals surface area contributed by atoms with Crippen LogP contribution in [0.15, 0.2) is 34.9 Å². The minimum absolute atomic E-state index is 0.674. The molecule has 0 bridgehead atoms. The largest absolute Gasteiger partial charge is 0.312 e. The van der Waals surface area contributed by atoms with Crippen LogP contribution in [-0.4, -0.2) is 16.3 Å². The fourth-order valence-corrected chi connectivity index (χ4v) is 2.90. The van der Waals surface area contributed by atoms with E-state index >= 15 is 0 Å². The third-order valence-electron chi connectivity index (χ3n) is 3.77. The van der Waals surface area contributed by atoms with E-state index in [-0.39, 0.29) is 0 Å². The highest BCUT2D eigenvalue weighted by atomic mass is 79.9. The normalized spacial score (nSPS) is 14.9. The lowest BCUT2D eigenvalue weighted by atomic mass is 10.2. The Balaban J connectivity index is 1.70. The van der Waals surface area contributed by atoms with Gasteiger partial charge in [-0.2, -0.15) is 5.10 Å². The molecule has 112 valence electrons. The lowest BCUT2D eigenvalue weighted by Crippen LogP contribution is -2.19. The van der Waals surface area contributed by atoms with Gasteiger partial charge in [0.05, 0.1) is 11.4 Å². The van der Waals surface area contributed by atoms with Gasteiger partial charge in [0.2, 0.25) is 0 Å². The number of hydrogen-bond donors (Lipinski definition) is 1. The zero-order valence-corrected chi connectivity index (χ0v) is 14.2. The number of nitrogens with zero attached hydrogens (tertiary/aromatic N) is 2. The summed E-state index contributed by atoms with van der Waals surface area (Å²) in [6.07, 6.45) is 4.65. The number of aromatic nitrogens is 2. The molecule has 0 spiro atoms. The van der Waals surface area contributed by atoms with Crippen molar-refractivity contribution in [1.82, 2.24) is 15.1 Å². The van der Waals surface area contributed by atoms with Gasteiger partial charge in [-0.25, -0.2) is 4.68 Å². The Hall–Kier alpha value is -1.13. The van der Waals surface area contributed by atoms with E-state index in [0.29, 0.717) is 11.8 Å². The highest BCUT2D eigenvalue weighted by molar-refractivity contribution is 9.10. The first kappa shape index (κ1) is 14.8. The number of nitrogens with one attached hydrogen (secondary N) is 1. The molecule has 1 N–H and O–H groups in total. The monoisotopic (exact) mass is 347 g/mol. The molecule has 4 heteroatoms. The molecule has 0 unspecified atom stereocenters. The summed E-state index contributed by atoms with van der Waals surface area (Å²) in [5, 5.41) is 8.15. The fourth-order valence-electron chi connectivity index (χ4n) is 2.40. The predicted molar refractivity (Wildman–Crippen MR) is 89.8 cm³/mol. The number of benzene rings is 1. The second-order valence-corrected chi connectivity index (χ2v) is 7.11. The van der Waals surface area contributed by atoms with Crippen LogP contribution in [0.3, 0.4) is 0 Å². The second-order valence-electron chi connectivity index (χ2n) is 6.26. The van der Waals surface area contributed by atoms with Crippen molar-refractivity contribution in [2.24, 2.45) is 5.92 Å². The molecule has 1 aromatic heterocycles. The van der Waals surface area contributed by atoms with E-state index in [0.717, 1.165) is 23.2 Å². The van der Waals surface area contributed by atoms with Crippen LogP contribution in [0.25, 0.3) is 5.69 Å². The molecule has 21 heavy (non-hydrogen) atoms. The summed E-state index contributed by atoms with van der Waals surface area (Å²) in [6, 6.07) is 8.60. The van der Waals surface area contributed by atoms with E-state index < -0.39 is 0 Å². The van der Waals surface area contributed by atoms with Crippen LogP contribution in [0.2, 0.25) is 0 Å². The van der Waals surface area contributed by atoms with Gasteiger partial charge in [-0.05, 0) is 49.1 Å². The zero-order chi connectivity index (χ0) is 14.8. The number of halogens is 1. The van der Waals surface area contributed by atoms with Gasteiger partial charge in [0.15, 0.2) is 0 Å². The van der Waals surface area contributed by atoms with Gasteiger partial charge >= 0.3 is 0 Å². The van der Waals surface area contributed by atoms with Gasteiger partial charge < -0.3 is 5.32 Å². The summed E-state index contributed by atoms with van der Waals surface area (Å²) < 4.78 is 3.11. The van der Waals surface area contributed by atoms with Crippen molar-refractivity contribution in [1.29, 1.82) is 0 Å². The molecule has 1 fully saturated rings. The third-order valence-corrected chi connectivity index (χ3v) is 4.51. The first-order chi connectivity index (χ1) is 10.1. The molecule has 0 aliphatic heterocycles. The van der Waals surface area contributed by atoms with E-state index in [1.54, 1.807) is 0 Å². The van der Waals surface area contributed by atoms with Gasteiger partial charge in [-0.3, -0.25) is 0 Å². The molecular weight excluding hydrogens is 326 g/mol. The van der Waals surface area contributed by atoms with Crippen LogP contribution in [0.5, 0.6) is 0 Å². The first-order valence-electron chi connectivity index (χ1n) is 7.68. The predicted octanol–water partition coefficient (Wildman–Crippen LogP) is 4.26. The van der Waals surface area contributed by atoms with Crippen molar-refractivity contribution in [3.05, 3.63) is 46.2 Å². The maximum atomic E-state index is 4.68. The molecule has 0 amide bonds. The summed E-state index contributed by atoms with van der Waals surface area (Å²) in [5.41, 5.74) is 3.63. The Labute approximate surface area is 134 Å². The van der Waals surface area contributed by atoms with Crippen molar-refractivity contribution in [3.8, 4) is 5.69 Å². The topological polar surface area (TPSA) is 29.9 Å². The summed E-state index contributed by atoms with van der Waals surface area (Å²) >= 11 is 3.68. The van der Waals surface area contributed by atoms with Crippen molar-refractivity contribution in [3.63, 3.8) is 0 Å². The standard InChI is InChI=1S/C17H22BrN3/c1-12(2)10-19-11-14-5-6-15(9-16(14)18)21-8-7-17(20-21)13-3-4-13/h5-9,12-13,19H,3-4,10-11H2,1-2H3. The fraction of sp³-hybridized carbons (Fsp3) is 0.471. The lowest BCUT2D eigenvalue weighted by molar-refractivity contribution is 0.552. The van der Waals surface area contributed by atoms with Crippen LogP contribution in [-0.2, 0) is 6.54 Å². The van der Waals surface area contributed by atoms with Crippen LogP contribution in [0, 0.1) is 5.92 Å². The molecule has 1 heterocycles. The van der Waals surface area contributed by atoms with Crippen molar-refractivity contribution in [2.75, 3.05) is 6.54 Å². The molecule has 1 aliphatic carbocycles. The van der Waals surface area contributed by atoms with E-state index in [1.165, 1.54) is 24.1 Å². The molecular formula is C17H22BrN3. The summed E-state index contributed by atoms with van der Waals surface area (Å²) in [7, 11) is 0. The van der Waals surface area contributed by atoms with Gasteiger partial charge in [0.25, 0.3) is 0 Å². The van der Waals surface area contributed by atoms with Crippen LogP contribution in [0.4, 0.5) is 0 Å². The summed E-state index contributed by atoms with van der Waals surface area (Å²) in [5.74, 6) is 1.38. The quantitative estimate of drug-likeness (QED) is 0.845. The number of rotatable bonds is 6. The minimum Gasteiger partial charge on any atom is -0.312 e. The Bertz CT molecular complexity index is 614. The smallest absolute Gasteiger partial charge is 0.0659 e. The SMILES string of the molecule is CC(C)CNCc1ccc(-n2ccc(C3CC3)n2)cc1Br. The van der Waals surface area contributed by atoms with Gasteiger partial charge in [-0.15, -0.1) is 0 Å². The lowest BCUT2D eigenvalue weighted by Gasteiger charge is -2.10. The maximum Gasteiger partial charge on any atom is 0.0659 e. The number of hydrogen-bond acceptors (Lipinski definition) is 2. The Morgan fingerprint density at radius 2 is 2.14 bits per heavy atom. The van der Waals surface area contributed by atoms with Gasteiger partial charge in [-0.1, -0.05) is 35.8 Å². The average Bonchev–Trinajstić information content (AvgIpc) is 3.18. The Morgan fingerprint density at radius 1 is 1.33 bits per heavy atom. The van der Waals surface area contributed by atoms with E-state index in [1.807, 2.05) is 4.68 Å². The second kappa shape index (κ2) is 6.32.